The van der Waals surface area contributed by atoms with Gasteiger partial charge in [0.1, 0.15) is 11.6 Å². The second kappa shape index (κ2) is 6.52. The molecule has 0 aliphatic carbocycles. The van der Waals surface area contributed by atoms with E-state index >= 15 is 0 Å². The van der Waals surface area contributed by atoms with E-state index in [-0.39, 0.29) is 22.6 Å². The molecule has 24 heavy (non-hydrogen) atoms. The number of hydrogen-bond donors (Lipinski definition) is 1. The smallest absolute Gasteiger partial charge is 0.322 e. The van der Waals surface area contributed by atoms with Crippen molar-refractivity contribution in [2.24, 2.45) is 5.73 Å². The third-order valence-electron chi connectivity index (χ3n) is 4.30. The van der Waals surface area contributed by atoms with E-state index in [0.29, 0.717) is 36.2 Å². The van der Waals surface area contributed by atoms with E-state index in [9.17, 15) is 18.0 Å². The average molecular weight is 341 g/mol. The van der Waals surface area contributed by atoms with Crippen LogP contribution in [0.2, 0.25) is 0 Å². The van der Waals surface area contributed by atoms with Gasteiger partial charge in [0.05, 0.1) is 10.9 Å². The first kappa shape index (κ1) is 16.9. The Morgan fingerprint density at radius 3 is 2.58 bits per heavy atom. The Balaban J connectivity index is 2.33. The van der Waals surface area contributed by atoms with E-state index in [1.807, 2.05) is 0 Å². The quantitative estimate of drug-likeness (QED) is 0.932. The zero-order valence-corrected chi connectivity index (χ0v) is 13.1. The molecule has 0 unspecified atom stereocenters. The van der Waals surface area contributed by atoms with Crippen LogP contribution in [0.25, 0.3) is 10.9 Å². The van der Waals surface area contributed by atoms with E-state index in [1.165, 1.54) is 6.07 Å². The molecule has 3 rings (SSSR count). The maximum atomic E-state index is 13.8. The van der Waals surface area contributed by atoms with Crippen molar-refractivity contribution < 1.29 is 17.9 Å². The average Bonchev–Trinajstić information content (AvgIpc) is 2.55. The van der Waals surface area contributed by atoms with Gasteiger partial charge in [0.15, 0.2) is 0 Å². The summed E-state index contributed by atoms with van der Waals surface area (Å²) in [4.78, 5) is 16.9. The lowest BCUT2D eigenvalue weighted by Gasteiger charge is -2.25. The van der Waals surface area contributed by atoms with Crippen LogP contribution in [0.5, 0.6) is 0 Å². The lowest BCUT2D eigenvalue weighted by atomic mass is 9.98. The van der Waals surface area contributed by atoms with Gasteiger partial charge in [-0.05, 0) is 37.5 Å². The molecule has 2 N–H and O–H groups in total. The van der Waals surface area contributed by atoms with Crippen LogP contribution in [-0.2, 0) is 4.74 Å². The van der Waals surface area contributed by atoms with Crippen LogP contribution >= 0.6 is 0 Å². The molecule has 0 saturated carbocycles. The van der Waals surface area contributed by atoms with Gasteiger partial charge in [0, 0.05) is 25.2 Å². The summed E-state index contributed by atoms with van der Waals surface area (Å²) < 4.78 is 46.4. The maximum absolute atomic E-state index is 13.8. The standard InChI is InChI=1S/C16H18F3N3O2/c1-8(20)11-6-10(17)7-12-13(11)21-14(9-2-4-24-5-3-9)22(15(12)23)16(18)19/h6-9,16H,2-5,20H2,1H3/t8-/m1/s1. The summed E-state index contributed by atoms with van der Waals surface area (Å²) in [5, 5.41) is -0.182. The molecule has 1 atom stereocenters. The van der Waals surface area contributed by atoms with E-state index in [2.05, 4.69) is 4.98 Å². The molecule has 0 spiro atoms. The summed E-state index contributed by atoms with van der Waals surface area (Å²) in [7, 11) is 0. The molecule has 8 heteroatoms. The molecule has 1 aliphatic heterocycles. The van der Waals surface area contributed by atoms with Crippen LogP contribution in [0.1, 0.15) is 49.7 Å². The van der Waals surface area contributed by atoms with Gasteiger partial charge in [-0.25, -0.2) is 13.9 Å². The van der Waals surface area contributed by atoms with E-state index in [4.69, 9.17) is 10.5 Å². The second-order valence-electron chi connectivity index (χ2n) is 5.99. The minimum absolute atomic E-state index is 0.0132. The SMILES string of the molecule is C[C@@H](N)c1cc(F)cc2c(=O)n(C(F)F)c(C3CCOCC3)nc12. The Morgan fingerprint density at radius 2 is 2.00 bits per heavy atom. The van der Waals surface area contributed by atoms with Crippen molar-refractivity contribution in [1.29, 1.82) is 0 Å². The summed E-state index contributed by atoms with van der Waals surface area (Å²) in [6, 6.07) is 1.54. The number of aromatic nitrogens is 2. The Bertz CT molecular complexity index is 814. The molecule has 1 saturated heterocycles. The molecular formula is C16H18F3N3O2. The maximum Gasteiger partial charge on any atom is 0.322 e. The van der Waals surface area contributed by atoms with E-state index < -0.39 is 24.0 Å². The number of nitrogens with two attached hydrogens (primary N) is 1. The lowest BCUT2D eigenvalue weighted by Crippen LogP contribution is -2.30. The molecule has 1 aliphatic rings. The zero-order chi connectivity index (χ0) is 17.4. The van der Waals surface area contributed by atoms with Crippen molar-refractivity contribution in [1.82, 2.24) is 9.55 Å². The fourth-order valence-corrected chi connectivity index (χ4v) is 3.09. The molecule has 2 aromatic rings. The fourth-order valence-electron chi connectivity index (χ4n) is 3.09. The number of alkyl halides is 2. The van der Waals surface area contributed by atoms with Crippen molar-refractivity contribution >= 4 is 10.9 Å². The summed E-state index contributed by atoms with van der Waals surface area (Å²) in [5.41, 5.74) is 5.42. The highest BCUT2D eigenvalue weighted by molar-refractivity contribution is 5.81. The number of ether oxygens (including phenoxy) is 1. The van der Waals surface area contributed by atoms with E-state index in [1.54, 1.807) is 6.92 Å². The van der Waals surface area contributed by atoms with Crippen molar-refractivity contribution in [3.63, 3.8) is 0 Å². The first-order valence-corrected chi connectivity index (χ1v) is 7.77. The molecule has 2 heterocycles. The van der Waals surface area contributed by atoms with Gasteiger partial charge in [-0.1, -0.05) is 0 Å². The molecule has 130 valence electrons. The first-order valence-electron chi connectivity index (χ1n) is 7.77. The second-order valence-corrected chi connectivity index (χ2v) is 5.99. The molecule has 1 aromatic heterocycles. The Morgan fingerprint density at radius 1 is 1.33 bits per heavy atom. The summed E-state index contributed by atoms with van der Waals surface area (Å²) in [6.07, 6.45) is 0.999. The van der Waals surface area contributed by atoms with Crippen LogP contribution < -0.4 is 11.3 Å². The minimum Gasteiger partial charge on any atom is -0.381 e. The largest absolute Gasteiger partial charge is 0.381 e. The normalized spacial score (nSPS) is 17.6. The van der Waals surface area contributed by atoms with Gasteiger partial charge in [-0.2, -0.15) is 8.78 Å². The highest BCUT2D eigenvalue weighted by atomic mass is 19.3. The summed E-state index contributed by atoms with van der Waals surface area (Å²) in [6.45, 7) is -0.575. The first-order chi connectivity index (χ1) is 11.4. The van der Waals surface area contributed by atoms with Crippen LogP contribution in [0, 0.1) is 5.82 Å². The van der Waals surface area contributed by atoms with Gasteiger partial charge in [-0.3, -0.25) is 4.79 Å². The Labute approximate surface area is 136 Å². The van der Waals surface area contributed by atoms with Crippen molar-refractivity contribution in [3.8, 4) is 0 Å². The third-order valence-corrected chi connectivity index (χ3v) is 4.30. The molecular weight excluding hydrogens is 323 g/mol. The zero-order valence-electron chi connectivity index (χ0n) is 13.1. The Kier molecular flexibility index (Phi) is 4.60. The van der Waals surface area contributed by atoms with Crippen molar-refractivity contribution in [3.05, 3.63) is 39.7 Å². The molecule has 5 nitrogen and oxygen atoms in total. The van der Waals surface area contributed by atoms with Gasteiger partial charge in [-0.15, -0.1) is 0 Å². The van der Waals surface area contributed by atoms with Gasteiger partial charge >= 0.3 is 6.55 Å². The van der Waals surface area contributed by atoms with Crippen LogP contribution in [-0.4, -0.2) is 22.8 Å². The fraction of sp³-hybridized carbons (Fsp3) is 0.500. The topological polar surface area (TPSA) is 70.1 Å². The number of rotatable bonds is 3. The predicted molar refractivity (Wildman–Crippen MR) is 82.6 cm³/mol. The van der Waals surface area contributed by atoms with Crippen molar-refractivity contribution in [2.75, 3.05) is 13.2 Å². The number of halogens is 3. The van der Waals surface area contributed by atoms with Gasteiger partial charge in [0.25, 0.3) is 5.56 Å². The molecule has 0 radical (unpaired) electrons. The number of nitrogens with zero attached hydrogens (tertiary/aromatic N) is 2. The third kappa shape index (κ3) is 2.91. The van der Waals surface area contributed by atoms with Crippen molar-refractivity contribution in [2.45, 2.75) is 38.3 Å². The highest BCUT2D eigenvalue weighted by Crippen LogP contribution is 2.30. The molecule has 0 bridgehead atoms. The predicted octanol–water partition coefficient (Wildman–Crippen LogP) is 2.84. The number of fused-ring (bicyclic) bond motifs is 1. The van der Waals surface area contributed by atoms with Crippen LogP contribution in [0.3, 0.4) is 0 Å². The molecule has 1 fully saturated rings. The summed E-state index contributed by atoms with van der Waals surface area (Å²) >= 11 is 0. The lowest BCUT2D eigenvalue weighted by molar-refractivity contribution is 0.0502. The monoisotopic (exact) mass is 341 g/mol. The highest BCUT2D eigenvalue weighted by Gasteiger charge is 2.27. The van der Waals surface area contributed by atoms with Crippen LogP contribution in [0.4, 0.5) is 13.2 Å². The molecule has 0 amide bonds. The number of hydrogen-bond acceptors (Lipinski definition) is 4. The summed E-state index contributed by atoms with van der Waals surface area (Å²) in [5.74, 6) is -0.997. The van der Waals surface area contributed by atoms with E-state index in [0.717, 1.165) is 6.07 Å². The van der Waals surface area contributed by atoms with Gasteiger partial charge < -0.3 is 10.5 Å². The van der Waals surface area contributed by atoms with Crippen LogP contribution in [0.15, 0.2) is 16.9 Å². The molecule has 1 aromatic carbocycles. The minimum atomic E-state index is -3.05. The van der Waals surface area contributed by atoms with Gasteiger partial charge in [0.2, 0.25) is 0 Å². The number of benzene rings is 1. The Hall–Kier alpha value is -1.93.